The summed E-state index contributed by atoms with van der Waals surface area (Å²) in [5.74, 6) is 1.29. The standard InChI is InChI=1S/C17H18N4O4S/c22-16(12-26-15-6-3-13(4-7-15)21(23)24)19-18-11-14-5-8-17(25-14)20-9-1-2-10-20/h3-8,11H,1-2,9-10,12H2,(H,19,22)/b18-11-. The number of non-ortho nitro benzene ring substituents is 1. The molecule has 1 saturated heterocycles. The van der Waals surface area contributed by atoms with E-state index in [-0.39, 0.29) is 17.3 Å². The van der Waals surface area contributed by atoms with Gasteiger partial charge in [-0.05, 0) is 31.0 Å². The van der Waals surface area contributed by atoms with Crippen molar-refractivity contribution < 1.29 is 14.1 Å². The summed E-state index contributed by atoms with van der Waals surface area (Å²) < 4.78 is 5.67. The molecule has 1 aliphatic heterocycles. The minimum atomic E-state index is -0.459. The number of nitrogens with one attached hydrogen (secondary N) is 1. The van der Waals surface area contributed by atoms with Crippen LogP contribution in [0.15, 0.2) is 50.8 Å². The number of thioether (sulfide) groups is 1. The molecule has 1 aromatic carbocycles. The average Bonchev–Trinajstić information content (AvgIpc) is 3.32. The van der Waals surface area contributed by atoms with E-state index in [4.69, 9.17) is 4.42 Å². The molecule has 0 saturated carbocycles. The van der Waals surface area contributed by atoms with Crippen molar-refractivity contribution in [2.24, 2.45) is 5.10 Å². The summed E-state index contributed by atoms with van der Waals surface area (Å²) in [6.45, 7) is 2.00. The Morgan fingerprint density at radius 1 is 1.27 bits per heavy atom. The van der Waals surface area contributed by atoms with Crippen LogP contribution in [0.2, 0.25) is 0 Å². The summed E-state index contributed by atoms with van der Waals surface area (Å²) in [5.41, 5.74) is 2.46. The molecule has 0 radical (unpaired) electrons. The molecule has 9 heteroatoms. The lowest BCUT2D eigenvalue weighted by molar-refractivity contribution is -0.384. The topological polar surface area (TPSA) is 101 Å². The lowest BCUT2D eigenvalue weighted by Crippen LogP contribution is -2.19. The van der Waals surface area contributed by atoms with Gasteiger partial charge < -0.3 is 9.32 Å². The number of hydrazone groups is 1. The molecular formula is C17H18N4O4S. The number of benzene rings is 1. The van der Waals surface area contributed by atoms with E-state index < -0.39 is 4.92 Å². The molecule has 0 spiro atoms. The summed E-state index contributed by atoms with van der Waals surface area (Å²) in [4.78, 5) is 24.9. The van der Waals surface area contributed by atoms with E-state index in [1.807, 2.05) is 12.1 Å². The first-order chi connectivity index (χ1) is 12.6. The second-order valence-electron chi connectivity index (χ2n) is 5.70. The van der Waals surface area contributed by atoms with Gasteiger partial charge in [0.15, 0.2) is 5.88 Å². The van der Waals surface area contributed by atoms with E-state index >= 15 is 0 Å². The molecule has 136 valence electrons. The first kappa shape index (κ1) is 18.0. The van der Waals surface area contributed by atoms with Crippen molar-refractivity contribution in [2.45, 2.75) is 17.7 Å². The lowest BCUT2D eigenvalue weighted by atomic mass is 10.3. The minimum absolute atomic E-state index is 0.0233. The Kier molecular flexibility index (Phi) is 5.90. The van der Waals surface area contributed by atoms with Crippen molar-refractivity contribution in [3.63, 3.8) is 0 Å². The third kappa shape index (κ3) is 4.85. The zero-order valence-electron chi connectivity index (χ0n) is 14.0. The zero-order valence-corrected chi connectivity index (χ0v) is 14.8. The van der Waals surface area contributed by atoms with E-state index in [0.29, 0.717) is 5.76 Å². The maximum Gasteiger partial charge on any atom is 0.269 e. The SMILES string of the molecule is O=C(CSc1ccc([N+](=O)[O-])cc1)N/N=C\c1ccc(N2CCCC2)o1. The number of nitro benzene ring substituents is 1. The summed E-state index contributed by atoms with van der Waals surface area (Å²) in [6.07, 6.45) is 3.81. The van der Waals surface area contributed by atoms with Crippen molar-refractivity contribution in [3.8, 4) is 0 Å². The lowest BCUT2D eigenvalue weighted by Gasteiger charge is -2.12. The maximum atomic E-state index is 11.8. The van der Waals surface area contributed by atoms with Gasteiger partial charge in [0.05, 0.1) is 16.9 Å². The van der Waals surface area contributed by atoms with Crippen LogP contribution in [0.3, 0.4) is 0 Å². The van der Waals surface area contributed by atoms with Gasteiger partial charge >= 0.3 is 0 Å². The molecule has 8 nitrogen and oxygen atoms in total. The quantitative estimate of drug-likeness (QED) is 0.346. The number of hydrogen-bond donors (Lipinski definition) is 1. The predicted octanol–water partition coefficient (Wildman–Crippen LogP) is 3.03. The monoisotopic (exact) mass is 374 g/mol. The van der Waals surface area contributed by atoms with Gasteiger partial charge in [-0.15, -0.1) is 11.8 Å². The summed E-state index contributed by atoms with van der Waals surface area (Å²) in [5, 5.41) is 14.5. The van der Waals surface area contributed by atoms with Crippen LogP contribution in [-0.2, 0) is 4.79 Å². The molecule has 1 N–H and O–H groups in total. The van der Waals surface area contributed by atoms with Crippen molar-refractivity contribution in [1.29, 1.82) is 0 Å². The Balaban J connectivity index is 1.43. The van der Waals surface area contributed by atoms with Crippen LogP contribution < -0.4 is 10.3 Å². The molecule has 0 bridgehead atoms. The van der Waals surface area contributed by atoms with Gasteiger partial charge in [-0.1, -0.05) is 0 Å². The van der Waals surface area contributed by atoms with Crippen molar-refractivity contribution in [1.82, 2.24) is 5.43 Å². The van der Waals surface area contributed by atoms with Crippen LogP contribution in [0, 0.1) is 10.1 Å². The van der Waals surface area contributed by atoms with Crippen LogP contribution in [0.25, 0.3) is 0 Å². The second-order valence-corrected chi connectivity index (χ2v) is 6.75. The molecule has 1 amide bonds. The van der Waals surface area contributed by atoms with Gasteiger partial charge in [0.1, 0.15) is 5.76 Å². The number of amides is 1. The number of carbonyl (C=O) groups is 1. The summed E-state index contributed by atoms with van der Waals surface area (Å²) >= 11 is 1.28. The molecule has 1 fully saturated rings. The van der Waals surface area contributed by atoms with Gasteiger partial charge in [0.25, 0.3) is 5.69 Å². The van der Waals surface area contributed by atoms with Gasteiger partial charge in [0.2, 0.25) is 5.91 Å². The summed E-state index contributed by atoms with van der Waals surface area (Å²) in [6, 6.07) is 9.76. The fourth-order valence-corrected chi connectivity index (χ4v) is 3.22. The van der Waals surface area contributed by atoms with E-state index in [2.05, 4.69) is 15.4 Å². The Morgan fingerprint density at radius 2 is 2.00 bits per heavy atom. The smallest absolute Gasteiger partial charge is 0.269 e. The number of rotatable bonds is 7. The van der Waals surface area contributed by atoms with Crippen molar-refractivity contribution >= 4 is 35.5 Å². The van der Waals surface area contributed by atoms with Crippen LogP contribution in [-0.4, -0.2) is 35.9 Å². The summed E-state index contributed by atoms with van der Waals surface area (Å²) in [7, 11) is 0. The van der Waals surface area contributed by atoms with Crippen LogP contribution in [0.1, 0.15) is 18.6 Å². The Bertz CT molecular complexity index is 797. The highest BCUT2D eigenvalue weighted by atomic mass is 32.2. The molecule has 0 aliphatic carbocycles. The highest BCUT2D eigenvalue weighted by Gasteiger charge is 2.15. The molecule has 3 rings (SSSR count). The fourth-order valence-electron chi connectivity index (χ4n) is 2.53. The number of nitrogens with zero attached hydrogens (tertiary/aromatic N) is 3. The normalized spacial score (nSPS) is 14.1. The van der Waals surface area contributed by atoms with Crippen LogP contribution in [0.5, 0.6) is 0 Å². The molecule has 0 atom stereocenters. The molecule has 2 aromatic rings. The van der Waals surface area contributed by atoms with E-state index in [1.165, 1.54) is 43.0 Å². The highest BCUT2D eigenvalue weighted by molar-refractivity contribution is 8.00. The van der Waals surface area contributed by atoms with Gasteiger partial charge in [-0.2, -0.15) is 5.10 Å². The highest BCUT2D eigenvalue weighted by Crippen LogP contribution is 2.22. The van der Waals surface area contributed by atoms with Gasteiger partial charge in [-0.3, -0.25) is 14.9 Å². The number of nitro groups is 1. The van der Waals surface area contributed by atoms with Crippen molar-refractivity contribution in [2.75, 3.05) is 23.7 Å². The van der Waals surface area contributed by atoms with E-state index in [9.17, 15) is 14.9 Å². The first-order valence-corrected chi connectivity index (χ1v) is 9.14. The number of anilines is 1. The Labute approximate surface area is 154 Å². The molecule has 1 aromatic heterocycles. The number of hydrogen-bond acceptors (Lipinski definition) is 7. The number of carbonyl (C=O) groups excluding carboxylic acids is 1. The number of furan rings is 1. The van der Waals surface area contributed by atoms with Crippen LogP contribution in [0.4, 0.5) is 11.6 Å². The molecule has 26 heavy (non-hydrogen) atoms. The third-order valence-electron chi connectivity index (χ3n) is 3.83. The first-order valence-electron chi connectivity index (χ1n) is 8.16. The fraction of sp³-hybridized carbons (Fsp3) is 0.294. The average molecular weight is 374 g/mol. The molecule has 1 aliphatic rings. The minimum Gasteiger partial charge on any atom is -0.440 e. The Hall–Kier alpha value is -2.81. The third-order valence-corrected chi connectivity index (χ3v) is 4.84. The van der Waals surface area contributed by atoms with Crippen molar-refractivity contribution in [3.05, 3.63) is 52.3 Å². The predicted molar refractivity (Wildman–Crippen MR) is 99.7 cm³/mol. The largest absolute Gasteiger partial charge is 0.440 e. The maximum absolute atomic E-state index is 11.8. The molecular weight excluding hydrogens is 356 g/mol. The zero-order chi connectivity index (χ0) is 18.4. The van der Waals surface area contributed by atoms with E-state index in [1.54, 1.807) is 12.1 Å². The van der Waals surface area contributed by atoms with E-state index in [0.717, 1.165) is 23.9 Å². The van der Waals surface area contributed by atoms with Crippen LogP contribution >= 0.6 is 11.8 Å². The molecule has 2 heterocycles. The second kappa shape index (κ2) is 8.52. The van der Waals surface area contributed by atoms with Gasteiger partial charge in [0, 0.05) is 36.2 Å². The van der Waals surface area contributed by atoms with Gasteiger partial charge in [-0.25, -0.2) is 5.43 Å². The Morgan fingerprint density at radius 3 is 2.69 bits per heavy atom. The molecule has 0 unspecified atom stereocenters.